The zero-order valence-corrected chi connectivity index (χ0v) is 25.8. The summed E-state index contributed by atoms with van der Waals surface area (Å²) in [5.74, 6) is 4.30. The molecular formula is C35H58O4. The Hall–Kier alpha value is -1.32. The second-order valence-electron chi connectivity index (χ2n) is 15.0. The second kappa shape index (κ2) is 13.1. The van der Waals surface area contributed by atoms with E-state index in [1.165, 1.54) is 51.4 Å². The number of aliphatic carboxylic acids is 1. The first-order valence-electron chi connectivity index (χ1n) is 16.7. The van der Waals surface area contributed by atoms with Crippen LogP contribution in [0, 0.1) is 46.3 Å². The van der Waals surface area contributed by atoms with Crippen LogP contribution in [-0.2, 0) is 14.3 Å². The number of rotatable bonds is 13. The van der Waals surface area contributed by atoms with E-state index in [-0.39, 0.29) is 23.9 Å². The number of ether oxygens (including phenoxy) is 1. The molecule has 0 saturated heterocycles. The Balaban J connectivity index is 1.30. The lowest BCUT2D eigenvalue weighted by Gasteiger charge is -2.58. The number of esters is 1. The van der Waals surface area contributed by atoms with Crippen LogP contribution in [0.2, 0.25) is 0 Å². The summed E-state index contributed by atoms with van der Waals surface area (Å²) >= 11 is 0. The minimum Gasteiger partial charge on any atom is -0.481 e. The molecule has 3 fully saturated rings. The maximum absolute atomic E-state index is 12.5. The van der Waals surface area contributed by atoms with Crippen LogP contribution in [0.25, 0.3) is 0 Å². The minimum atomic E-state index is -0.737. The highest BCUT2D eigenvalue weighted by Crippen LogP contribution is 2.67. The van der Waals surface area contributed by atoms with Crippen LogP contribution in [0.5, 0.6) is 0 Å². The molecule has 3 unspecified atom stereocenters. The normalized spacial score (nSPS) is 36.5. The summed E-state index contributed by atoms with van der Waals surface area (Å²) < 4.78 is 5.96. The maximum Gasteiger partial charge on any atom is 0.306 e. The number of allylic oxidation sites excluding steroid dienone is 1. The van der Waals surface area contributed by atoms with Crippen LogP contribution < -0.4 is 0 Å². The van der Waals surface area contributed by atoms with E-state index in [0.717, 1.165) is 74.0 Å². The Morgan fingerprint density at radius 2 is 1.67 bits per heavy atom. The summed E-state index contributed by atoms with van der Waals surface area (Å²) in [5.41, 5.74) is 2.40. The van der Waals surface area contributed by atoms with E-state index in [2.05, 4.69) is 40.7 Å². The molecule has 222 valence electrons. The lowest BCUT2D eigenvalue weighted by Crippen LogP contribution is -2.51. The van der Waals surface area contributed by atoms with Crippen molar-refractivity contribution in [3.8, 4) is 0 Å². The Labute approximate surface area is 239 Å². The van der Waals surface area contributed by atoms with Gasteiger partial charge in [0.05, 0.1) is 0 Å². The quantitative estimate of drug-likeness (QED) is 0.143. The molecule has 0 aromatic heterocycles. The molecule has 39 heavy (non-hydrogen) atoms. The van der Waals surface area contributed by atoms with Gasteiger partial charge in [-0.1, -0.05) is 78.4 Å². The SMILES string of the molecule is CC(C)CCC[C@@H](C)[C@H]1CCC2C3CC=C4C[C@@H](OC(=O)CCCCCCC(=O)O)CC[C@]4(C)C3CC[C@@]21C. The van der Waals surface area contributed by atoms with Crippen LogP contribution in [-0.4, -0.2) is 23.1 Å². The van der Waals surface area contributed by atoms with Gasteiger partial charge in [-0.15, -0.1) is 0 Å². The van der Waals surface area contributed by atoms with E-state index in [1.54, 1.807) is 5.57 Å². The third kappa shape index (κ3) is 6.95. The van der Waals surface area contributed by atoms with Crippen molar-refractivity contribution in [3.05, 3.63) is 11.6 Å². The highest BCUT2D eigenvalue weighted by molar-refractivity contribution is 5.69. The maximum atomic E-state index is 12.5. The molecule has 0 aromatic rings. The van der Waals surface area contributed by atoms with Gasteiger partial charge in [-0.2, -0.15) is 0 Å². The van der Waals surface area contributed by atoms with E-state index in [9.17, 15) is 9.59 Å². The third-order valence-corrected chi connectivity index (χ3v) is 12.1. The third-order valence-electron chi connectivity index (χ3n) is 12.1. The van der Waals surface area contributed by atoms with E-state index in [4.69, 9.17) is 9.84 Å². The fourth-order valence-electron chi connectivity index (χ4n) is 9.90. The van der Waals surface area contributed by atoms with Crippen LogP contribution in [0.1, 0.15) is 144 Å². The first-order valence-corrected chi connectivity index (χ1v) is 16.7. The molecule has 1 N–H and O–H groups in total. The van der Waals surface area contributed by atoms with Gasteiger partial charge in [0, 0.05) is 19.3 Å². The molecule has 0 heterocycles. The largest absolute Gasteiger partial charge is 0.481 e. The monoisotopic (exact) mass is 542 g/mol. The Kier molecular flexibility index (Phi) is 10.3. The predicted octanol–water partition coefficient (Wildman–Crippen LogP) is 9.36. The summed E-state index contributed by atoms with van der Waals surface area (Å²) in [6, 6.07) is 0. The van der Waals surface area contributed by atoms with Crippen molar-refractivity contribution < 1.29 is 19.4 Å². The van der Waals surface area contributed by atoms with Gasteiger partial charge in [-0.25, -0.2) is 0 Å². The van der Waals surface area contributed by atoms with E-state index in [0.29, 0.717) is 18.3 Å². The molecular weight excluding hydrogens is 484 g/mol. The van der Waals surface area contributed by atoms with E-state index < -0.39 is 5.97 Å². The zero-order chi connectivity index (χ0) is 28.2. The molecule has 4 rings (SSSR count). The van der Waals surface area contributed by atoms with Crippen LogP contribution in [0.15, 0.2) is 11.6 Å². The summed E-state index contributed by atoms with van der Waals surface area (Å²) in [6.45, 7) is 12.5. The Bertz CT molecular complexity index is 876. The van der Waals surface area contributed by atoms with Crippen molar-refractivity contribution in [2.45, 2.75) is 150 Å². The highest BCUT2D eigenvalue weighted by Gasteiger charge is 2.59. The van der Waals surface area contributed by atoms with Gasteiger partial charge in [0.1, 0.15) is 6.10 Å². The number of carbonyl (C=O) groups is 2. The molecule has 0 spiro atoms. The molecule has 3 saturated carbocycles. The summed E-state index contributed by atoms with van der Waals surface area (Å²) in [5, 5.41) is 8.75. The van der Waals surface area contributed by atoms with Gasteiger partial charge in [-0.05, 0) is 104 Å². The molecule has 0 radical (unpaired) electrons. The molecule has 4 nitrogen and oxygen atoms in total. The van der Waals surface area contributed by atoms with Gasteiger partial charge >= 0.3 is 11.9 Å². The van der Waals surface area contributed by atoms with Crippen molar-refractivity contribution in [2.24, 2.45) is 46.3 Å². The van der Waals surface area contributed by atoms with Gasteiger partial charge < -0.3 is 9.84 Å². The molecule has 4 heteroatoms. The molecule has 0 aromatic carbocycles. The number of hydrogen-bond donors (Lipinski definition) is 1. The zero-order valence-electron chi connectivity index (χ0n) is 25.8. The van der Waals surface area contributed by atoms with E-state index in [1.807, 2.05) is 0 Å². The summed E-state index contributed by atoms with van der Waals surface area (Å²) in [6.07, 6.45) is 20.7. The van der Waals surface area contributed by atoms with Gasteiger partial charge in [0.2, 0.25) is 0 Å². The molecule has 8 atom stereocenters. The summed E-state index contributed by atoms with van der Waals surface area (Å²) in [7, 11) is 0. The number of unbranched alkanes of at least 4 members (excludes halogenated alkanes) is 3. The Morgan fingerprint density at radius 1 is 0.923 bits per heavy atom. The fraction of sp³-hybridized carbons (Fsp3) is 0.886. The number of carboxylic acids is 1. The molecule has 0 amide bonds. The smallest absolute Gasteiger partial charge is 0.306 e. The topological polar surface area (TPSA) is 63.6 Å². The number of hydrogen-bond acceptors (Lipinski definition) is 3. The number of carbonyl (C=O) groups excluding carboxylic acids is 1. The molecule has 0 bridgehead atoms. The molecule has 0 aliphatic heterocycles. The van der Waals surface area contributed by atoms with Crippen molar-refractivity contribution in [1.29, 1.82) is 0 Å². The van der Waals surface area contributed by atoms with Gasteiger partial charge in [0.25, 0.3) is 0 Å². The van der Waals surface area contributed by atoms with Crippen molar-refractivity contribution in [1.82, 2.24) is 0 Å². The fourth-order valence-corrected chi connectivity index (χ4v) is 9.90. The Morgan fingerprint density at radius 3 is 2.38 bits per heavy atom. The van der Waals surface area contributed by atoms with E-state index >= 15 is 0 Å². The van der Waals surface area contributed by atoms with Crippen LogP contribution in [0.3, 0.4) is 0 Å². The van der Waals surface area contributed by atoms with Crippen LogP contribution >= 0.6 is 0 Å². The predicted molar refractivity (Wildman–Crippen MR) is 158 cm³/mol. The van der Waals surface area contributed by atoms with Crippen molar-refractivity contribution in [3.63, 3.8) is 0 Å². The first-order chi connectivity index (χ1) is 18.5. The van der Waals surface area contributed by atoms with Gasteiger partial charge in [-0.3, -0.25) is 9.59 Å². The standard InChI is InChI=1S/C35H58O4/c1-24(2)11-10-12-25(3)29-17-18-30-28-16-15-26-23-27(39-33(38)14-9-7-6-8-13-32(36)37)19-21-34(26,4)31(28)20-22-35(29,30)5/h15,24-25,27-31H,6-14,16-23H2,1-5H3,(H,36,37)/t25-,27+,28?,29-,30?,31?,34+,35-/m1/s1. The molecule has 4 aliphatic carbocycles. The first kappa shape index (κ1) is 30.6. The lowest BCUT2D eigenvalue weighted by molar-refractivity contribution is -0.151. The summed E-state index contributed by atoms with van der Waals surface area (Å²) in [4.78, 5) is 23.2. The average molecular weight is 543 g/mol. The van der Waals surface area contributed by atoms with Crippen molar-refractivity contribution in [2.75, 3.05) is 0 Å². The molecule has 4 aliphatic rings. The second-order valence-corrected chi connectivity index (χ2v) is 15.0. The number of carboxylic acid groups (broad SMARTS) is 1. The van der Waals surface area contributed by atoms with Gasteiger partial charge in [0.15, 0.2) is 0 Å². The van der Waals surface area contributed by atoms with Crippen molar-refractivity contribution >= 4 is 11.9 Å². The number of fused-ring (bicyclic) bond motifs is 5. The highest BCUT2D eigenvalue weighted by atomic mass is 16.5. The minimum absolute atomic E-state index is 0.0387. The average Bonchev–Trinajstić information content (AvgIpc) is 3.23. The van der Waals surface area contributed by atoms with Crippen LogP contribution in [0.4, 0.5) is 0 Å². The lowest BCUT2D eigenvalue weighted by atomic mass is 9.47.